The van der Waals surface area contributed by atoms with Crippen LogP contribution < -0.4 is 19.1 Å². The Morgan fingerprint density at radius 1 is 1.00 bits per heavy atom. The van der Waals surface area contributed by atoms with Gasteiger partial charge in [-0.3, -0.25) is 13.9 Å². The molecule has 0 aromatic heterocycles. The molecular formula is C29H33N3O6S. The second kappa shape index (κ2) is 12.2. The van der Waals surface area contributed by atoms with Gasteiger partial charge in [0.25, 0.3) is 10.0 Å². The molecular weight excluding hydrogens is 518 g/mol. The van der Waals surface area contributed by atoms with E-state index in [2.05, 4.69) is 5.32 Å². The first kappa shape index (κ1) is 28.0. The molecule has 9 nitrogen and oxygen atoms in total. The number of benzene rings is 3. The summed E-state index contributed by atoms with van der Waals surface area (Å²) in [5.74, 6) is 0.360. The number of carbonyl (C=O) groups is 2. The Bertz CT molecular complexity index is 1440. The molecule has 3 aromatic carbocycles. The van der Waals surface area contributed by atoms with E-state index < -0.39 is 22.5 Å². The molecule has 0 atom stereocenters. The highest BCUT2D eigenvalue weighted by atomic mass is 32.2. The third-order valence-corrected chi connectivity index (χ3v) is 8.35. The molecule has 1 aliphatic rings. The topological polar surface area (TPSA) is 105 Å². The third-order valence-electron chi connectivity index (χ3n) is 6.58. The first-order chi connectivity index (χ1) is 18.7. The molecule has 0 bridgehead atoms. The first-order valence-corrected chi connectivity index (χ1v) is 14.1. The van der Waals surface area contributed by atoms with Gasteiger partial charge >= 0.3 is 0 Å². The number of nitrogens with one attached hydrogen (secondary N) is 1. The summed E-state index contributed by atoms with van der Waals surface area (Å²) in [6.45, 7) is 2.87. The number of carbonyl (C=O) groups excluding carboxylic acids is 2. The SMILES string of the molecule is COc1ccc(OC)c(N(CC(=O)NCc2cccc(CN3CCCC3=O)c2)S(=O)(=O)c2ccc(C)cc2)c1. The highest BCUT2D eigenvalue weighted by Crippen LogP contribution is 2.35. The fourth-order valence-corrected chi connectivity index (χ4v) is 5.87. The average molecular weight is 552 g/mol. The van der Waals surface area contributed by atoms with Gasteiger partial charge in [0.1, 0.15) is 18.0 Å². The van der Waals surface area contributed by atoms with Crippen LogP contribution in [0, 0.1) is 6.92 Å². The molecule has 0 aliphatic carbocycles. The van der Waals surface area contributed by atoms with Crippen LogP contribution >= 0.6 is 0 Å². The number of sulfonamides is 1. The lowest BCUT2D eigenvalue weighted by Gasteiger charge is -2.26. The lowest BCUT2D eigenvalue weighted by molar-refractivity contribution is -0.128. The number of likely N-dealkylation sites (tertiary alicyclic amines) is 1. The molecule has 3 aromatic rings. The Morgan fingerprint density at radius 2 is 1.74 bits per heavy atom. The molecule has 10 heteroatoms. The molecule has 0 saturated carbocycles. The molecule has 0 radical (unpaired) electrons. The number of nitrogens with zero attached hydrogens (tertiary/aromatic N) is 2. The van der Waals surface area contributed by atoms with Crippen LogP contribution in [0.4, 0.5) is 5.69 Å². The summed E-state index contributed by atoms with van der Waals surface area (Å²) in [7, 11) is -1.22. The predicted octanol–water partition coefficient (Wildman–Crippen LogP) is 3.65. The molecule has 1 saturated heterocycles. The smallest absolute Gasteiger partial charge is 0.264 e. The minimum atomic E-state index is -4.13. The normalized spacial score (nSPS) is 13.3. The van der Waals surface area contributed by atoms with E-state index in [9.17, 15) is 18.0 Å². The molecule has 0 unspecified atom stereocenters. The second-order valence-corrected chi connectivity index (χ2v) is 11.2. The summed E-state index contributed by atoms with van der Waals surface area (Å²) in [5, 5.41) is 2.83. The number of aryl methyl sites for hydroxylation is 1. The van der Waals surface area contributed by atoms with E-state index in [4.69, 9.17) is 9.47 Å². The largest absolute Gasteiger partial charge is 0.497 e. The van der Waals surface area contributed by atoms with Gasteiger partial charge in [-0.1, -0.05) is 42.0 Å². The molecule has 4 rings (SSSR count). The lowest BCUT2D eigenvalue weighted by atomic mass is 10.1. The van der Waals surface area contributed by atoms with Gasteiger partial charge in [0.15, 0.2) is 0 Å². The van der Waals surface area contributed by atoms with Crippen LogP contribution in [0.1, 0.15) is 29.5 Å². The molecule has 1 N–H and O–H groups in total. The van der Waals surface area contributed by atoms with Crippen LogP contribution in [0.5, 0.6) is 11.5 Å². The zero-order valence-corrected chi connectivity index (χ0v) is 23.2. The third kappa shape index (κ3) is 6.69. The standard InChI is InChI=1S/C29H33N3O6S/c1-21-9-12-25(13-10-21)39(35,36)32(26-17-24(37-2)11-14-27(26)38-3)20-28(33)30-18-22-6-4-7-23(16-22)19-31-15-5-8-29(31)34/h4,6-7,9-14,16-17H,5,8,15,18-20H2,1-3H3,(H,30,33). The zero-order valence-electron chi connectivity index (χ0n) is 22.3. The summed E-state index contributed by atoms with van der Waals surface area (Å²) in [5.41, 5.74) is 2.92. The van der Waals surface area contributed by atoms with Gasteiger partial charge in [-0.25, -0.2) is 8.42 Å². The second-order valence-electron chi connectivity index (χ2n) is 9.38. The van der Waals surface area contributed by atoms with Crippen LogP contribution in [0.2, 0.25) is 0 Å². The molecule has 1 fully saturated rings. The fourth-order valence-electron chi connectivity index (χ4n) is 4.45. The number of ether oxygens (including phenoxy) is 2. The highest BCUT2D eigenvalue weighted by Gasteiger charge is 2.30. The van der Waals surface area contributed by atoms with E-state index in [0.29, 0.717) is 18.7 Å². The van der Waals surface area contributed by atoms with Crippen molar-refractivity contribution in [3.8, 4) is 11.5 Å². The maximum Gasteiger partial charge on any atom is 0.264 e. The van der Waals surface area contributed by atoms with Crippen molar-refractivity contribution in [3.05, 3.63) is 83.4 Å². The minimum absolute atomic E-state index is 0.0509. The van der Waals surface area contributed by atoms with Crippen molar-refractivity contribution < 1.29 is 27.5 Å². The van der Waals surface area contributed by atoms with Crippen LogP contribution in [0.25, 0.3) is 0 Å². The van der Waals surface area contributed by atoms with Crippen LogP contribution in [0.3, 0.4) is 0 Å². The maximum absolute atomic E-state index is 13.8. The van der Waals surface area contributed by atoms with Crippen molar-refractivity contribution in [2.75, 3.05) is 31.6 Å². The molecule has 39 heavy (non-hydrogen) atoms. The molecule has 2 amide bonds. The van der Waals surface area contributed by atoms with E-state index in [0.717, 1.165) is 34.0 Å². The highest BCUT2D eigenvalue weighted by molar-refractivity contribution is 7.92. The van der Waals surface area contributed by atoms with Crippen molar-refractivity contribution in [3.63, 3.8) is 0 Å². The van der Waals surface area contributed by atoms with Crippen LogP contribution in [0.15, 0.2) is 71.6 Å². The predicted molar refractivity (Wildman–Crippen MR) is 148 cm³/mol. The summed E-state index contributed by atoms with van der Waals surface area (Å²) in [6, 6.07) is 18.9. The molecule has 0 spiro atoms. The van der Waals surface area contributed by atoms with Crippen molar-refractivity contribution >= 4 is 27.5 Å². The number of rotatable bonds is 11. The summed E-state index contributed by atoms with van der Waals surface area (Å²) in [4.78, 5) is 27.0. The van der Waals surface area contributed by atoms with E-state index in [-0.39, 0.29) is 28.8 Å². The number of hydrogen-bond donors (Lipinski definition) is 1. The lowest BCUT2D eigenvalue weighted by Crippen LogP contribution is -2.41. The summed E-state index contributed by atoms with van der Waals surface area (Å²) >= 11 is 0. The quantitative estimate of drug-likeness (QED) is 0.390. The molecule has 1 heterocycles. The average Bonchev–Trinajstić information content (AvgIpc) is 3.34. The monoisotopic (exact) mass is 551 g/mol. The van der Waals surface area contributed by atoms with Crippen molar-refractivity contribution in [2.45, 2.75) is 37.8 Å². The Labute approximate surface area is 229 Å². The Hall–Kier alpha value is -4.05. The summed E-state index contributed by atoms with van der Waals surface area (Å²) < 4.78 is 39.3. The number of methoxy groups -OCH3 is 2. The molecule has 206 valence electrons. The van der Waals surface area contributed by atoms with Gasteiger partial charge in [-0.15, -0.1) is 0 Å². The number of amides is 2. The number of hydrogen-bond acceptors (Lipinski definition) is 6. The first-order valence-electron chi connectivity index (χ1n) is 12.6. The van der Waals surface area contributed by atoms with E-state index in [1.807, 2.05) is 36.1 Å². The van der Waals surface area contributed by atoms with Crippen LogP contribution in [-0.2, 0) is 32.7 Å². The fraction of sp³-hybridized carbons (Fsp3) is 0.310. The Kier molecular flexibility index (Phi) is 8.75. The van der Waals surface area contributed by atoms with Gasteiger partial charge in [0.2, 0.25) is 11.8 Å². The van der Waals surface area contributed by atoms with Gasteiger partial charge in [-0.2, -0.15) is 0 Å². The maximum atomic E-state index is 13.8. The van der Waals surface area contributed by atoms with Gasteiger partial charge in [0.05, 0.1) is 24.8 Å². The van der Waals surface area contributed by atoms with Crippen molar-refractivity contribution in [1.82, 2.24) is 10.2 Å². The van der Waals surface area contributed by atoms with Gasteiger partial charge in [-0.05, 0) is 48.7 Å². The Balaban J connectivity index is 1.55. The van der Waals surface area contributed by atoms with E-state index in [1.54, 1.807) is 24.3 Å². The van der Waals surface area contributed by atoms with E-state index >= 15 is 0 Å². The summed E-state index contributed by atoms with van der Waals surface area (Å²) in [6.07, 6.45) is 1.45. The molecule has 1 aliphatic heterocycles. The van der Waals surface area contributed by atoms with Crippen LogP contribution in [-0.4, -0.2) is 52.4 Å². The van der Waals surface area contributed by atoms with Gasteiger partial charge in [0, 0.05) is 32.1 Å². The number of anilines is 1. The van der Waals surface area contributed by atoms with Crippen molar-refractivity contribution in [2.24, 2.45) is 0 Å². The van der Waals surface area contributed by atoms with E-state index in [1.165, 1.54) is 32.4 Å². The van der Waals surface area contributed by atoms with Gasteiger partial charge < -0.3 is 19.7 Å². The Morgan fingerprint density at radius 3 is 2.41 bits per heavy atom. The minimum Gasteiger partial charge on any atom is -0.497 e. The van der Waals surface area contributed by atoms with Crippen molar-refractivity contribution in [1.29, 1.82) is 0 Å². The zero-order chi connectivity index (χ0) is 28.0.